The van der Waals surface area contributed by atoms with E-state index in [1.807, 2.05) is 22.6 Å². The van der Waals surface area contributed by atoms with Gasteiger partial charge in [0.2, 0.25) is 0 Å². The van der Waals surface area contributed by atoms with Crippen molar-refractivity contribution in [2.24, 2.45) is 5.92 Å². The van der Waals surface area contributed by atoms with Gasteiger partial charge in [-0.2, -0.15) is 0 Å². The maximum Gasteiger partial charge on any atom is 0.264 e. The molecule has 0 aromatic rings. The molecule has 0 aliphatic carbocycles. The molecule has 0 aromatic carbocycles. The maximum absolute atomic E-state index is 13.1. The summed E-state index contributed by atoms with van der Waals surface area (Å²) in [7, 11) is 1.75. The highest BCUT2D eigenvalue weighted by Gasteiger charge is 2.42. The first-order valence-corrected chi connectivity index (χ1v) is 5.21. The average Bonchev–Trinajstić information content (AvgIpc) is 1.85. The van der Waals surface area contributed by atoms with Crippen molar-refractivity contribution in [3.8, 4) is 0 Å². The highest BCUT2D eigenvalue weighted by atomic mass is 127. The molecule has 1 rings (SSSR count). The van der Waals surface area contributed by atoms with E-state index < -0.39 is 11.8 Å². The fourth-order valence-electron chi connectivity index (χ4n) is 1.35. The van der Waals surface area contributed by atoms with Crippen LogP contribution in [0.4, 0.5) is 8.78 Å². The van der Waals surface area contributed by atoms with Gasteiger partial charge in [-0.25, -0.2) is 8.78 Å². The third-order valence-electron chi connectivity index (χ3n) is 2.12. The lowest BCUT2D eigenvalue weighted by Crippen LogP contribution is -2.47. The van der Waals surface area contributed by atoms with Gasteiger partial charge in [0.15, 0.2) is 0 Å². The Labute approximate surface area is 79.3 Å². The molecule has 0 bridgehead atoms. The Morgan fingerprint density at radius 2 is 2.27 bits per heavy atom. The molecule has 1 heterocycles. The Balaban J connectivity index is 2.56. The number of halogens is 3. The van der Waals surface area contributed by atoms with Crippen LogP contribution in [-0.2, 0) is 0 Å². The molecule has 1 fully saturated rings. The van der Waals surface area contributed by atoms with Crippen LogP contribution >= 0.6 is 22.6 Å². The number of piperidine rings is 1. The van der Waals surface area contributed by atoms with Crippen molar-refractivity contribution in [2.75, 3.05) is 24.6 Å². The van der Waals surface area contributed by atoms with E-state index in [4.69, 9.17) is 0 Å². The van der Waals surface area contributed by atoms with Gasteiger partial charge in [-0.15, -0.1) is 0 Å². The molecule has 0 N–H and O–H groups in total. The number of rotatable bonds is 1. The van der Waals surface area contributed by atoms with Gasteiger partial charge in [-0.05, 0) is 20.0 Å². The minimum Gasteiger partial charge on any atom is -0.301 e. The van der Waals surface area contributed by atoms with E-state index >= 15 is 0 Å². The SMILES string of the molecule is CN1CCC(CI)C(F)(F)C1. The fourth-order valence-corrected chi connectivity index (χ4v) is 2.43. The molecule has 1 saturated heterocycles. The molecule has 4 heteroatoms. The molecule has 0 amide bonds. The predicted molar refractivity (Wildman–Crippen MR) is 49.4 cm³/mol. The number of hydrogen-bond donors (Lipinski definition) is 0. The van der Waals surface area contributed by atoms with Crippen LogP contribution in [0.2, 0.25) is 0 Å². The molecule has 66 valence electrons. The van der Waals surface area contributed by atoms with E-state index in [9.17, 15) is 8.78 Å². The fraction of sp³-hybridized carbons (Fsp3) is 1.00. The van der Waals surface area contributed by atoms with Crippen LogP contribution in [0.5, 0.6) is 0 Å². The molecule has 0 saturated carbocycles. The molecule has 1 aliphatic rings. The molecule has 1 aliphatic heterocycles. The van der Waals surface area contributed by atoms with Crippen LogP contribution in [-0.4, -0.2) is 35.4 Å². The summed E-state index contributed by atoms with van der Waals surface area (Å²) < 4.78 is 26.7. The smallest absolute Gasteiger partial charge is 0.264 e. The lowest BCUT2D eigenvalue weighted by Gasteiger charge is -2.35. The van der Waals surface area contributed by atoms with Gasteiger partial charge in [0.1, 0.15) is 0 Å². The summed E-state index contributed by atoms with van der Waals surface area (Å²) in [6.07, 6.45) is 0.631. The van der Waals surface area contributed by atoms with Crippen molar-refractivity contribution in [2.45, 2.75) is 12.3 Å². The first-order valence-electron chi connectivity index (χ1n) is 3.68. The summed E-state index contributed by atoms with van der Waals surface area (Å²) in [5.74, 6) is -2.87. The van der Waals surface area contributed by atoms with E-state index in [-0.39, 0.29) is 6.54 Å². The summed E-state index contributed by atoms with van der Waals surface area (Å²) in [5.41, 5.74) is 0. The molecule has 0 spiro atoms. The zero-order valence-corrected chi connectivity index (χ0v) is 8.64. The average molecular weight is 275 g/mol. The van der Waals surface area contributed by atoms with Gasteiger partial charge < -0.3 is 4.90 Å². The summed E-state index contributed by atoms with van der Waals surface area (Å²) in [4.78, 5) is 1.70. The van der Waals surface area contributed by atoms with Crippen LogP contribution in [0.3, 0.4) is 0 Å². The first-order chi connectivity index (χ1) is 5.06. The molecule has 1 unspecified atom stereocenters. The number of likely N-dealkylation sites (tertiary alicyclic amines) is 1. The Bertz CT molecular complexity index is 140. The Hall–Kier alpha value is 0.550. The second-order valence-corrected chi connectivity index (χ2v) is 4.02. The Morgan fingerprint density at radius 3 is 2.73 bits per heavy atom. The predicted octanol–water partition coefficient (Wildman–Crippen LogP) is 2.01. The van der Waals surface area contributed by atoms with Gasteiger partial charge in [-0.3, -0.25) is 0 Å². The van der Waals surface area contributed by atoms with Crippen LogP contribution in [0.15, 0.2) is 0 Å². The van der Waals surface area contributed by atoms with Crippen molar-refractivity contribution in [1.29, 1.82) is 0 Å². The quantitative estimate of drug-likeness (QED) is 0.522. The minimum atomic E-state index is -2.46. The van der Waals surface area contributed by atoms with Crippen molar-refractivity contribution >= 4 is 22.6 Å². The lowest BCUT2D eigenvalue weighted by atomic mass is 9.95. The highest BCUT2D eigenvalue weighted by molar-refractivity contribution is 14.1. The molecule has 1 atom stereocenters. The first kappa shape index (κ1) is 9.64. The van der Waals surface area contributed by atoms with Gasteiger partial charge in [-0.1, -0.05) is 22.6 Å². The summed E-state index contributed by atoms with van der Waals surface area (Å²) in [6.45, 7) is 0.740. The van der Waals surface area contributed by atoms with E-state index in [2.05, 4.69) is 0 Å². The molecule has 0 radical (unpaired) electrons. The Morgan fingerprint density at radius 1 is 1.64 bits per heavy atom. The number of hydrogen-bond acceptors (Lipinski definition) is 1. The van der Waals surface area contributed by atoms with Gasteiger partial charge in [0.25, 0.3) is 5.92 Å². The Kier molecular flexibility index (Phi) is 3.08. The van der Waals surface area contributed by atoms with Crippen LogP contribution in [0.25, 0.3) is 0 Å². The van der Waals surface area contributed by atoms with Crippen LogP contribution < -0.4 is 0 Å². The molecule has 1 nitrogen and oxygen atoms in total. The molecule has 0 aromatic heterocycles. The summed E-state index contributed by atoms with van der Waals surface area (Å²) in [6, 6.07) is 0. The topological polar surface area (TPSA) is 3.24 Å². The van der Waals surface area contributed by atoms with E-state index in [0.29, 0.717) is 10.8 Å². The van der Waals surface area contributed by atoms with E-state index in [1.54, 1.807) is 11.9 Å². The van der Waals surface area contributed by atoms with E-state index in [0.717, 1.165) is 6.54 Å². The van der Waals surface area contributed by atoms with Gasteiger partial charge in [0, 0.05) is 10.3 Å². The molecular weight excluding hydrogens is 263 g/mol. The monoisotopic (exact) mass is 275 g/mol. The van der Waals surface area contributed by atoms with Crippen molar-refractivity contribution in [3.63, 3.8) is 0 Å². The van der Waals surface area contributed by atoms with Gasteiger partial charge in [0.05, 0.1) is 6.54 Å². The zero-order chi connectivity index (χ0) is 8.48. The minimum absolute atomic E-state index is 0.0688. The normalized spacial score (nSPS) is 32.2. The van der Waals surface area contributed by atoms with Gasteiger partial charge >= 0.3 is 0 Å². The lowest BCUT2D eigenvalue weighted by molar-refractivity contribution is -0.0958. The standard InChI is InChI=1S/C7H12F2IN/c1-11-3-2-6(4-10)7(8,9)5-11/h6H,2-5H2,1H3. The summed E-state index contributed by atoms with van der Waals surface area (Å²) >= 11 is 2.04. The van der Waals surface area contributed by atoms with Crippen LogP contribution in [0.1, 0.15) is 6.42 Å². The van der Waals surface area contributed by atoms with E-state index in [1.165, 1.54) is 0 Å². The molecular formula is C7H12F2IN. The van der Waals surface area contributed by atoms with Crippen molar-refractivity contribution in [3.05, 3.63) is 0 Å². The molecule has 11 heavy (non-hydrogen) atoms. The highest BCUT2D eigenvalue weighted by Crippen LogP contribution is 2.33. The maximum atomic E-state index is 13.1. The third kappa shape index (κ3) is 2.24. The number of alkyl halides is 3. The number of nitrogens with zero attached hydrogens (tertiary/aromatic N) is 1. The zero-order valence-electron chi connectivity index (χ0n) is 6.49. The van der Waals surface area contributed by atoms with Crippen molar-refractivity contribution < 1.29 is 8.78 Å². The van der Waals surface area contributed by atoms with Crippen LogP contribution in [0, 0.1) is 5.92 Å². The summed E-state index contributed by atoms with van der Waals surface area (Å²) in [5, 5.41) is 0. The second-order valence-electron chi connectivity index (χ2n) is 3.14. The van der Waals surface area contributed by atoms with Crippen molar-refractivity contribution in [1.82, 2.24) is 4.90 Å². The second kappa shape index (κ2) is 3.51. The largest absolute Gasteiger partial charge is 0.301 e. The third-order valence-corrected chi connectivity index (χ3v) is 3.19.